The third-order valence-corrected chi connectivity index (χ3v) is 5.69. The van der Waals surface area contributed by atoms with Crippen molar-refractivity contribution in [2.75, 3.05) is 28.8 Å². The number of hydrogen-bond acceptors (Lipinski definition) is 7. The molecule has 2 heterocycles. The lowest BCUT2D eigenvalue weighted by atomic mass is 10.2. The summed E-state index contributed by atoms with van der Waals surface area (Å²) in [5.74, 6) is 1.42. The molecule has 0 aliphatic carbocycles. The van der Waals surface area contributed by atoms with Crippen molar-refractivity contribution in [2.45, 2.75) is 19.0 Å². The van der Waals surface area contributed by atoms with Gasteiger partial charge < -0.3 is 10.2 Å². The van der Waals surface area contributed by atoms with Crippen molar-refractivity contribution in [3.63, 3.8) is 0 Å². The Labute approximate surface area is 135 Å². The predicted octanol–water partition coefficient (Wildman–Crippen LogP) is 1.11. The molecule has 1 aliphatic heterocycles. The second-order valence-electron chi connectivity index (χ2n) is 5.65. The number of hydrogen-bond donors (Lipinski definition) is 1. The van der Waals surface area contributed by atoms with Gasteiger partial charge in [0.15, 0.2) is 15.7 Å². The van der Waals surface area contributed by atoms with E-state index in [4.69, 9.17) is 0 Å². The van der Waals surface area contributed by atoms with Crippen molar-refractivity contribution in [2.24, 2.45) is 0 Å². The Kier molecular flexibility index (Phi) is 4.42. The van der Waals surface area contributed by atoms with E-state index >= 15 is 0 Å². The van der Waals surface area contributed by atoms with Crippen LogP contribution in [-0.2, 0) is 16.4 Å². The summed E-state index contributed by atoms with van der Waals surface area (Å²) < 4.78 is 23.2. The maximum atomic E-state index is 11.6. The van der Waals surface area contributed by atoms with Crippen LogP contribution >= 0.6 is 0 Å². The van der Waals surface area contributed by atoms with Gasteiger partial charge in [0.25, 0.3) is 0 Å². The number of sulfone groups is 1. The summed E-state index contributed by atoms with van der Waals surface area (Å²) in [5.41, 5.74) is 1.14. The molecule has 0 spiro atoms. The van der Waals surface area contributed by atoms with E-state index < -0.39 is 9.84 Å². The standard InChI is InChI=1S/C15H19N5O2S/c1-20(13-7-8-23(21,22)11-13)15-18-14(10-17-19-15)16-9-12-5-3-2-4-6-12/h2-6,10,13H,7-9,11H2,1H3,(H,16,18,19). The summed E-state index contributed by atoms with van der Waals surface area (Å²) in [6.45, 7) is 0.639. The third kappa shape index (κ3) is 3.95. The van der Waals surface area contributed by atoms with Crippen LogP contribution < -0.4 is 10.2 Å². The topological polar surface area (TPSA) is 88.1 Å². The van der Waals surface area contributed by atoms with Crippen molar-refractivity contribution >= 4 is 21.6 Å². The zero-order valence-corrected chi connectivity index (χ0v) is 13.7. The van der Waals surface area contributed by atoms with Gasteiger partial charge in [-0.15, -0.1) is 5.10 Å². The van der Waals surface area contributed by atoms with Gasteiger partial charge in [-0.05, 0) is 12.0 Å². The highest BCUT2D eigenvalue weighted by atomic mass is 32.2. The van der Waals surface area contributed by atoms with Crippen LogP contribution in [0.15, 0.2) is 36.5 Å². The Hall–Kier alpha value is -2.22. The van der Waals surface area contributed by atoms with Crippen LogP contribution in [0.3, 0.4) is 0 Å². The monoisotopic (exact) mass is 333 g/mol. The van der Waals surface area contributed by atoms with E-state index in [0.717, 1.165) is 5.56 Å². The molecule has 0 bridgehead atoms. The fraction of sp³-hybridized carbons (Fsp3) is 0.400. The van der Waals surface area contributed by atoms with Crippen LogP contribution in [0.1, 0.15) is 12.0 Å². The quantitative estimate of drug-likeness (QED) is 0.876. The number of benzene rings is 1. The molecule has 1 saturated heterocycles. The van der Waals surface area contributed by atoms with Gasteiger partial charge in [-0.25, -0.2) is 8.42 Å². The van der Waals surface area contributed by atoms with Gasteiger partial charge in [0, 0.05) is 19.6 Å². The first kappa shape index (κ1) is 15.7. The Balaban J connectivity index is 1.67. The van der Waals surface area contributed by atoms with Crippen LogP contribution in [0.4, 0.5) is 11.8 Å². The Morgan fingerprint density at radius 3 is 2.78 bits per heavy atom. The van der Waals surface area contributed by atoms with E-state index in [-0.39, 0.29) is 17.5 Å². The van der Waals surface area contributed by atoms with Crippen molar-refractivity contribution in [1.29, 1.82) is 0 Å². The lowest BCUT2D eigenvalue weighted by Gasteiger charge is -2.22. The molecular formula is C15H19N5O2S. The van der Waals surface area contributed by atoms with Crippen LogP contribution in [0, 0.1) is 0 Å². The van der Waals surface area contributed by atoms with Gasteiger partial charge in [-0.1, -0.05) is 30.3 Å². The Morgan fingerprint density at radius 1 is 1.30 bits per heavy atom. The summed E-state index contributed by atoms with van der Waals surface area (Å²) in [6, 6.07) is 9.89. The minimum atomic E-state index is -2.94. The van der Waals surface area contributed by atoms with E-state index in [1.54, 1.807) is 11.1 Å². The van der Waals surface area contributed by atoms with Crippen molar-refractivity contribution in [3.05, 3.63) is 42.1 Å². The summed E-state index contributed by atoms with van der Waals surface area (Å²) >= 11 is 0. The zero-order valence-electron chi connectivity index (χ0n) is 12.9. The molecule has 8 heteroatoms. The highest BCUT2D eigenvalue weighted by Gasteiger charge is 2.31. The van der Waals surface area contributed by atoms with Gasteiger partial charge in [0.1, 0.15) is 0 Å². The molecule has 1 atom stereocenters. The summed E-state index contributed by atoms with van der Waals surface area (Å²) in [5, 5.41) is 11.2. The molecule has 1 unspecified atom stereocenters. The summed E-state index contributed by atoms with van der Waals surface area (Å²) in [6.07, 6.45) is 2.16. The maximum absolute atomic E-state index is 11.6. The molecular weight excluding hydrogens is 314 g/mol. The SMILES string of the molecule is CN(c1nncc(NCc2ccccc2)n1)C1CCS(=O)(=O)C1. The number of nitrogens with one attached hydrogen (secondary N) is 1. The highest BCUT2D eigenvalue weighted by molar-refractivity contribution is 7.91. The molecule has 7 nitrogen and oxygen atoms in total. The van der Waals surface area contributed by atoms with Crippen LogP contribution in [0.25, 0.3) is 0 Å². The van der Waals surface area contributed by atoms with E-state index in [2.05, 4.69) is 20.5 Å². The first-order chi connectivity index (χ1) is 11.0. The van der Waals surface area contributed by atoms with Crippen LogP contribution in [0.5, 0.6) is 0 Å². The van der Waals surface area contributed by atoms with E-state index in [0.29, 0.717) is 24.7 Å². The van der Waals surface area contributed by atoms with Crippen molar-refractivity contribution < 1.29 is 8.42 Å². The average molecular weight is 333 g/mol. The normalized spacial score (nSPS) is 19.4. The fourth-order valence-electron chi connectivity index (χ4n) is 2.56. The minimum Gasteiger partial charge on any atom is -0.365 e. The molecule has 2 aromatic rings. The first-order valence-electron chi connectivity index (χ1n) is 7.44. The predicted molar refractivity (Wildman–Crippen MR) is 89.1 cm³/mol. The van der Waals surface area contributed by atoms with E-state index in [1.807, 2.05) is 37.4 Å². The van der Waals surface area contributed by atoms with Crippen LogP contribution in [0.2, 0.25) is 0 Å². The van der Waals surface area contributed by atoms with E-state index in [9.17, 15) is 8.42 Å². The highest BCUT2D eigenvalue weighted by Crippen LogP contribution is 2.20. The third-order valence-electron chi connectivity index (χ3n) is 3.94. The zero-order chi connectivity index (χ0) is 16.3. The van der Waals surface area contributed by atoms with Gasteiger partial charge in [-0.3, -0.25) is 0 Å². The van der Waals surface area contributed by atoms with Crippen molar-refractivity contribution in [3.8, 4) is 0 Å². The smallest absolute Gasteiger partial charge is 0.247 e. The Bertz CT molecular complexity index is 766. The molecule has 0 radical (unpaired) electrons. The second kappa shape index (κ2) is 6.49. The fourth-order valence-corrected chi connectivity index (χ4v) is 4.34. The molecule has 0 amide bonds. The Morgan fingerprint density at radius 2 is 2.09 bits per heavy atom. The molecule has 0 saturated carbocycles. The van der Waals surface area contributed by atoms with Crippen molar-refractivity contribution in [1.82, 2.24) is 15.2 Å². The number of aromatic nitrogens is 3. The van der Waals surface area contributed by atoms with Crippen LogP contribution in [-0.4, -0.2) is 48.2 Å². The summed E-state index contributed by atoms with van der Waals surface area (Å²) in [7, 11) is -1.13. The number of nitrogens with zero attached hydrogens (tertiary/aromatic N) is 4. The summed E-state index contributed by atoms with van der Waals surface area (Å²) in [4.78, 5) is 6.22. The number of anilines is 2. The average Bonchev–Trinajstić information content (AvgIpc) is 2.93. The molecule has 1 aromatic heterocycles. The molecule has 1 aliphatic rings. The lowest BCUT2D eigenvalue weighted by Crippen LogP contribution is -2.34. The second-order valence-corrected chi connectivity index (χ2v) is 7.88. The molecule has 3 rings (SSSR count). The van der Waals surface area contributed by atoms with E-state index in [1.165, 1.54) is 0 Å². The lowest BCUT2D eigenvalue weighted by molar-refractivity contribution is 0.600. The molecule has 23 heavy (non-hydrogen) atoms. The van der Waals surface area contributed by atoms with Gasteiger partial charge in [0.05, 0.1) is 17.7 Å². The maximum Gasteiger partial charge on any atom is 0.247 e. The largest absolute Gasteiger partial charge is 0.365 e. The molecule has 122 valence electrons. The van der Waals surface area contributed by atoms with Gasteiger partial charge >= 0.3 is 0 Å². The molecule has 1 fully saturated rings. The van der Waals surface area contributed by atoms with Gasteiger partial charge in [0.2, 0.25) is 5.95 Å². The molecule has 1 aromatic carbocycles. The minimum absolute atomic E-state index is 0.0915. The van der Waals surface area contributed by atoms with Gasteiger partial charge in [-0.2, -0.15) is 10.1 Å². The first-order valence-corrected chi connectivity index (χ1v) is 9.26. The molecule has 1 N–H and O–H groups in total. The number of rotatable bonds is 5.